The summed E-state index contributed by atoms with van der Waals surface area (Å²) in [6, 6.07) is 18.3. The predicted molar refractivity (Wildman–Crippen MR) is 114 cm³/mol. The molecule has 0 radical (unpaired) electrons. The molecule has 0 saturated heterocycles. The zero-order chi connectivity index (χ0) is 20.9. The molecule has 0 fully saturated rings. The van der Waals surface area contributed by atoms with Crippen molar-refractivity contribution in [2.45, 2.75) is 36.9 Å². The number of sulfone groups is 1. The Morgan fingerprint density at radius 3 is 2.48 bits per heavy atom. The number of benzene rings is 2. The summed E-state index contributed by atoms with van der Waals surface area (Å²) in [6.07, 6.45) is 4.63. The summed E-state index contributed by atoms with van der Waals surface area (Å²) in [5.74, 6) is 0.437. The van der Waals surface area contributed by atoms with E-state index in [1.165, 1.54) is 12.3 Å². The van der Waals surface area contributed by atoms with Gasteiger partial charge in [-0.05, 0) is 55.2 Å². The Balaban J connectivity index is 1.81. The number of aryl methyl sites for hydroxylation is 1. The molecule has 1 N–H and O–H groups in total. The molecule has 1 heterocycles. The van der Waals surface area contributed by atoms with E-state index in [4.69, 9.17) is 4.74 Å². The Labute approximate surface area is 171 Å². The van der Waals surface area contributed by atoms with Crippen LogP contribution in [0.2, 0.25) is 0 Å². The molecule has 2 atom stereocenters. The Kier molecular flexibility index (Phi) is 6.67. The smallest absolute Gasteiger partial charge is 0.175 e. The van der Waals surface area contributed by atoms with Gasteiger partial charge in [0.05, 0.1) is 11.0 Å². The molecule has 29 heavy (non-hydrogen) atoms. The van der Waals surface area contributed by atoms with Crippen LogP contribution in [0.15, 0.2) is 78.0 Å². The van der Waals surface area contributed by atoms with E-state index < -0.39 is 22.0 Å². The summed E-state index contributed by atoms with van der Waals surface area (Å²) in [7, 11) is -3.38. The van der Waals surface area contributed by atoms with Crippen LogP contribution in [0.4, 0.5) is 0 Å². The first-order valence-corrected chi connectivity index (χ1v) is 11.4. The molecule has 0 amide bonds. The minimum Gasteiger partial charge on any atom is -0.487 e. The molecule has 3 rings (SSSR count). The Hall–Kier alpha value is -2.70. The largest absolute Gasteiger partial charge is 0.487 e. The maximum absolute atomic E-state index is 12.0. The second-order valence-corrected chi connectivity index (χ2v) is 9.10. The van der Waals surface area contributed by atoms with Crippen molar-refractivity contribution in [3.05, 3.63) is 78.6 Å². The van der Waals surface area contributed by atoms with Gasteiger partial charge in [0.25, 0.3) is 0 Å². The number of aromatic nitrogens is 1. The molecular weight excluding hydrogens is 386 g/mol. The van der Waals surface area contributed by atoms with Crippen molar-refractivity contribution in [1.29, 1.82) is 0 Å². The number of pyridine rings is 1. The number of hydrogen-bond acceptors (Lipinski definition) is 5. The van der Waals surface area contributed by atoms with Crippen molar-refractivity contribution < 1.29 is 18.3 Å². The maximum atomic E-state index is 12.0. The lowest BCUT2D eigenvalue weighted by Crippen LogP contribution is -2.29. The van der Waals surface area contributed by atoms with E-state index in [1.807, 2.05) is 42.5 Å². The molecule has 0 saturated carbocycles. The van der Waals surface area contributed by atoms with Crippen LogP contribution in [0, 0.1) is 0 Å². The molecule has 0 aliphatic rings. The molecule has 0 aliphatic heterocycles. The predicted octanol–water partition coefficient (Wildman–Crippen LogP) is 3.91. The third-order valence-electron chi connectivity index (χ3n) is 4.77. The highest BCUT2D eigenvalue weighted by Gasteiger charge is 2.20. The molecule has 152 valence electrons. The van der Waals surface area contributed by atoms with Crippen LogP contribution in [0.1, 0.15) is 18.9 Å². The minimum atomic E-state index is -3.38. The van der Waals surface area contributed by atoms with Crippen LogP contribution in [0.5, 0.6) is 5.75 Å². The van der Waals surface area contributed by atoms with Gasteiger partial charge in [-0.1, -0.05) is 36.4 Å². The van der Waals surface area contributed by atoms with Gasteiger partial charge < -0.3 is 9.84 Å². The Bertz CT molecular complexity index is 1040. The van der Waals surface area contributed by atoms with Crippen LogP contribution in [-0.2, 0) is 16.3 Å². The summed E-state index contributed by atoms with van der Waals surface area (Å²) >= 11 is 0. The van der Waals surface area contributed by atoms with Gasteiger partial charge >= 0.3 is 0 Å². The first kappa shape index (κ1) is 21.0. The molecule has 5 nitrogen and oxygen atoms in total. The van der Waals surface area contributed by atoms with Crippen molar-refractivity contribution in [2.24, 2.45) is 0 Å². The highest BCUT2D eigenvalue weighted by Crippen LogP contribution is 2.33. The summed E-state index contributed by atoms with van der Waals surface area (Å²) in [5.41, 5.74) is 2.74. The van der Waals surface area contributed by atoms with Gasteiger partial charge in [-0.2, -0.15) is 0 Å². The Morgan fingerprint density at radius 1 is 1.07 bits per heavy atom. The highest BCUT2D eigenvalue weighted by molar-refractivity contribution is 7.90. The molecule has 3 aromatic rings. The SMILES string of the molecule is C[C@H](Oc1cc(S(C)(=O)=O)ccc1-c1ccccc1)[C@H](O)CCc1cccnc1. The molecule has 1 aromatic heterocycles. The fourth-order valence-electron chi connectivity index (χ4n) is 3.06. The monoisotopic (exact) mass is 411 g/mol. The average Bonchev–Trinajstić information content (AvgIpc) is 2.72. The van der Waals surface area contributed by atoms with Crippen molar-refractivity contribution in [3.8, 4) is 16.9 Å². The van der Waals surface area contributed by atoms with Crippen LogP contribution < -0.4 is 4.74 Å². The van der Waals surface area contributed by atoms with E-state index in [1.54, 1.807) is 31.5 Å². The first-order chi connectivity index (χ1) is 13.8. The molecule has 0 unspecified atom stereocenters. The van der Waals surface area contributed by atoms with Crippen LogP contribution >= 0.6 is 0 Å². The zero-order valence-corrected chi connectivity index (χ0v) is 17.3. The molecule has 0 bridgehead atoms. The quantitative estimate of drug-likeness (QED) is 0.608. The number of rotatable bonds is 8. The minimum absolute atomic E-state index is 0.184. The van der Waals surface area contributed by atoms with E-state index >= 15 is 0 Å². The van der Waals surface area contributed by atoms with Gasteiger partial charge in [0.2, 0.25) is 0 Å². The number of nitrogens with zero attached hydrogens (tertiary/aromatic N) is 1. The first-order valence-electron chi connectivity index (χ1n) is 9.48. The molecule has 2 aromatic carbocycles. The second kappa shape index (κ2) is 9.20. The van der Waals surface area contributed by atoms with Gasteiger partial charge in [0.1, 0.15) is 11.9 Å². The van der Waals surface area contributed by atoms with Crippen LogP contribution in [0.3, 0.4) is 0 Å². The van der Waals surface area contributed by atoms with Gasteiger partial charge in [-0.3, -0.25) is 4.98 Å². The molecule has 0 aliphatic carbocycles. The lowest BCUT2D eigenvalue weighted by Gasteiger charge is -2.23. The number of ether oxygens (including phenoxy) is 1. The van der Waals surface area contributed by atoms with Crippen molar-refractivity contribution >= 4 is 9.84 Å². The summed E-state index contributed by atoms with van der Waals surface area (Å²) in [4.78, 5) is 4.27. The fourth-order valence-corrected chi connectivity index (χ4v) is 3.70. The van der Waals surface area contributed by atoms with Gasteiger partial charge in [-0.15, -0.1) is 0 Å². The summed E-state index contributed by atoms with van der Waals surface area (Å²) in [6.45, 7) is 1.79. The maximum Gasteiger partial charge on any atom is 0.175 e. The van der Waals surface area contributed by atoms with Crippen LogP contribution in [0.25, 0.3) is 11.1 Å². The lowest BCUT2D eigenvalue weighted by molar-refractivity contribution is 0.0422. The second-order valence-electron chi connectivity index (χ2n) is 7.09. The van der Waals surface area contributed by atoms with Gasteiger partial charge in [-0.25, -0.2) is 8.42 Å². The highest BCUT2D eigenvalue weighted by atomic mass is 32.2. The molecular formula is C23H25NO4S. The van der Waals surface area contributed by atoms with Crippen molar-refractivity contribution in [1.82, 2.24) is 4.98 Å². The van der Waals surface area contributed by atoms with Gasteiger partial charge in [0.15, 0.2) is 9.84 Å². The number of hydrogen-bond donors (Lipinski definition) is 1. The fraction of sp³-hybridized carbons (Fsp3) is 0.261. The Morgan fingerprint density at radius 2 is 1.83 bits per heavy atom. The van der Waals surface area contributed by atoms with Crippen LogP contribution in [-0.4, -0.2) is 37.0 Å². The third kappa shape index (κ3) is 5.65. The van der Waals surface area contributed by atoms with E-state index in [-0.39, 0.29) is 4.90 Å². The van der Waals surface area contributed by atoms with E-state index in [0.29, 0.717) is 18.6 Å². The van der Waals surface area contributed by atoms with E-state index in [2.05, 4.69) is 4.98 Å². The number of aliphatic hydroxyl groups is 1. The number of aliphatic hydroxyl groups excluding tert-OH is 1. The molecule has 6 heteroatoms. The molecule has 0 spiro atoms. The summed E-state index contributed by atoms with van der Waals surface area (Å²) < 4.78 is 30.1. The van der Waals surface area contributed by atoms with Gasteiger partial charge in [0, 0.05) is 24.2 Å². The topological polar surface area (TPSA) is 76.5 Å². The standard InChI is InChI=1S/C23H25NO4S/c1-17(22(25)13-10-18-7-6-14-24-16-18)28-23-15-20(29(2,26)27)11-12-21(23)19-8-4-3-5-9-19/h3-9,11-12,14-17,22,25H,10,13H2,1-2H3/t17-,22+/m0/s1. The zero-order valence-electron chi connectivity index (χ0n) is 16.5. The van der Waals surface area contributed by atoms with Crippen molar-refractivity contribution in [3.63, 3.8) is 0 Å². The van der Waals surface area contributed by atoms with Crippen molar-refractivity contribution in [2.75, 3.05) is 6.26 Å². The average molecular weight is 412 g/mol. The van der Waals surface area contributed by atoms with E-state index in [9.17, 15) is 13.5 Å². The normalized spacial score (nSPS) is 13.6. The third-order valence-corrected chi connectivity index (χ3v) is 5.88. The van der Waals surface area contributed by atoms with E-state index in [0.717, 1.165) is 16.7 Å². The summed E-state index contributed by atoms with van der Waals surface area (Å²) in [5, 5.41) is 10.6. The lowest BCUT2D eigenvalue weighted by atomic mass is 10.0.